The van der Waals surface area contributed by atoms with Crippen molar-refractivity contribution in [3.63, 3.8) is 0 Å². The van der Waals surface area contributed by atoms with Crippen LogP contribution in [-0.4, -0.2) is 18.3 Å². The third-order valence-corrected chi connectivity index (χ3v) is 5.12. The first-order chi connectivity index (χ1) is 9.06. The van der Waals surface area contributed by atoms with E-state index < -0.39 is 0 Å². The van der Waals surface area contributed by atoms with E-state index in [1.165, 1.54) is 22.3 Å². The summed E-state index contributed by atoms with van der Waals surface area (Å²) in [6.07, 6.45) is 3.81. The fourth-order valence-electron chi connectivity index (χ4n) is 3.87. The topological polar surface area (TPSA) is 29.5 Å². The largest absolute Gasteiger partial charge is 0.497 e. The number of methoxy groups -OCH3 is 1. The Bertz CT molecular complexity index is 544. The second-order valence-electron chi connectivity index (χ2n) is 6.07. The highest BCUT2D eigenvalue weighted by Gasteiger charge is 2.41. The highest BCUT2D eigenvalue weighted by atomic mass is 16.5. The number of aliphatic hydroxyl groups is 1. The van der Waals surface area contributed by atoms with E-state index in [9.17, 15) is 5.11 Å². The quantitative estimate of drug-likeness (QED) is 0.783. The summed E-state index contributed by atoms with van der Waals surface area (Å²) in [5, 5.41) is 10.1. The number of hydrogen-bond acceptors (Lipinski definition) is 2. The lowest BCUT2D eigenvalue weighted by Crippen LogP contribution is -2.37. The van der Waals surface area contributed by atoms with Crippen molar-refractivity contribution < 1.29 is 9.84 Å². The summed E-state index contributed by atoms with van der Waals surface area (Å²) in [5.74, 6) is 0.935. The predicted molar refractivity (Wildman–Crippen MR) is 76.6 cm³/mol. The first-order valence-electron chi connectivity index (χ1n) is 7.12. The molecule has 2 aliphatic carbocycles. The molecule has 2 aliphatic rings. The Kier molecular flexibility index (Phi) is 2.94. The Hall–Kier alpha value is -1.28. The van der Waals surface area contributed by atoms with Crippen LogP contribution in [-0.2, 0) is 11.8 Å². The van der Waals surface area contributed by atoms with Gasteiger partial charge >= 0.3 is 0 Å². The standard InChI is InChI=1S/C17H22O2/c1-11-14-7-5-12-4-6-13(19-3)10-15(12)17(14,2)9-8-16(11)18/h4,6,10,16,18H,5,7-9H2,1-3H3. The number of hydrogen-bond donors (Lipinski definition) is 1. The Morgan fingerprint density at radius 1 is 1.32 bits per heavy atom. The summed E-state index contributed by atoms with van der Waals surface area (Å²) in [5.41, 5.74) is 5.58. The third-order valence-electron chi connectivity index (χ3n) is 5.12. The van der Waals surface area contributed by atoms with Gasteiger partial charge in [-0.15, -0.1) is 0 Å². The monoisotopic (exact) mass is 258 g/mol. The maximum absolute atomic E-state index is 10.1. The van der Waals surface area contributed by atoms with Crippen molar-refractivity contribution in [3.05, 3.63) is 40.5 Å². The molecule has 2 heteroatoms. The Morgan fingerprint density at radius 2 is 2.11 bits per heavy atom. The lowest BCUT2D eigenvalue weighted by molar-refractivity contribution is 0.170. The Balaban J connectivity index is 2.17. The molecule has 0 aliphatic heterocycles. The van der Waals surface area contributed by atoms with E-state index in [1.807, 2.05) is 0 Å². The minimum Gasteiger partial charge on any atom is -0.497 e. The molecule has 3 rings (SSSR count). The van der Waals surface area contributed by atoms with Crippen LogP contribution >= 0.6 is 0 Å². The molecule has 102 valence electrons. The van der Waals surface area contributed by atoms with Gasteiger partial charge in [-0.05, 0) is 61.4 Å². The molecule has 0 saturated carbocycles. The zero-order chi connectivity index (χ0) is 13.6. The van der Waals surface area contributed by atoms with Crippen LogP contribution in [0.1, 0.15) is 44.2 Å². The molecule has 0 saturated heterocycles. The molecule has 0 bridgehead atoms. The van der Waals surface area contributed by atoms with Gasteiger partial charge in [0, 0.05) is 5.41 Å². The highest BCUT2D eigenvalue weighted by molar-refractivity contribution is 5.51. The Morgan fingerprint density at radius 3 is 2.84 bits per heavy atom. The fourth-order valence-corrected chi connectivity index (χ4v) is 3.87. The van der Waals surface area contributed by atoms with Gasteiger partial charge in [0.05, 0.1) is 13.2 Å². The van der Waals surface area contributed by atoms with Gasteiger partial charge in [0.1, 0.15) is 5.75 Å². The van der Waals surface area contributed by atoms with E-state index in [0.29, 0.717) is 0 Å². The van der Waals surface area contributed by atoms with Crippen LogP contribution in [0.5, 0.6) is 5.75 Å². The molecule has 0 fully saturated rings. The molecule has 0 heterocycles. The smallest absolute Gasteiger partial charge is 0.119 e. The zero-order valence-electron chi connectivity index (χ0n) is 12.0. The molecule has 0 amide bonds. The second-order valence-corrected chi connectivity index (χ2v) is 6.07. The van der Waals surface area contributed by atoms with E-state index in [2.05, 4.69) is 32.0 Å². The Labute approximate surface area is 115 Å². The van der Waals surface area contributed by atoms with Crippen molar-refractivity contribution >= 4 is 0 Å². The molecule has 0 aromatic heterocycles. The third kappa shape index (κ3) is 1.81. The minimum atomic E-state index is -0.241. The van der Waals surface area contributed by atoms with Crippen LogP contribution in [0.2, 0.25) is 0 Å². The summed E-state index contributed by atoms with van der Waals surface area (Å²) in [7, 11) is 1.72. The molecule has 0 radical (unpaired) electrons. The molecule has 1 aromatic rings. The normalized spacial score (nSPS) is 29.8. The first kappa shape index (κ1) is 12.7. The summed E-state index contributed by atoms with van der Waals surface area (Å²) in [4.78, 5) is 0. The van der Waals surface area contributed by atoms with Crippen molar-refractivity contribution in [1.29, 1.82) is 0 Å². The van der Waals surface area contributed by atoms with Gasteiger partial charge in [0.15, 0.2) is 0 Å². The van der Waals surface area contributed by atoms with Crippen molar-refractivity contribution in [2.24, 2.45) is 0 Å². The van der Waals surface area contributed by atoms with Crippen molar-refractivity contribution in [1.82, 2.24) is 0 Å². The fraction of sp³-hybridized carbons (Fsp3) is 0.529. The molecular weight excluding hydrogens is 236 g/mol. The van der Waals surface area contributed by atoms with Crippen LogP contribution in [0.3, 0.4) is 0 Å². The second kappa shape index (κ2) is 4.38. The SMILES string of the molecule is COc1ccc2c(c1)C1(C)CCC(O)C(C)=C1CC2. The molecule has 2 unspecified atom stereocenters. The number of benzene rings is 1. The van der Waals surface area contributed by atoms with E-state index in [4.69, 9.17) is 4.74 Å². The minimum absolute atomic E-state index is 0.0887. The number of allylic oxidation sites excluding steroid dienone is 1. The maximum atomic E-state index is 10.1. The number of aliphatic hydroxyl groups excluding tert-OH is 1. The van der Waals surface area contributed by atoms with Gasteiger partial charge in [0.2, 0.25) is 0 Å². The number of aryl methyl sites for hydroxylation is 1. The van der Waals surface area contributed by atoms with Gasteiger partial charge in [0.25, 0.3) is 0 Å². The first-order valence-corrected chi connectivity index (χ1v) is 7.12. The summed E-state index contributed by atoms with van der Waals surface area (Å²) in [6, 6.07) is 6.46. The summed E-state index contributed by atoms with van der Waals surface area (Å²) < 4.78 is 5.39. The maximum Gasteiger partial charge on any atom is 0.119 e. The molecule has 2 nitrogen and oxygen atoms in total. The molecule has 1 aromatic carbocycles. The van der Waals surface area contributed by atoms with E-state index in [-0.39, 0.29) is 11.5 Å². The van der Waals surface area contributed by atoms with Crippen molar-refractivity contribution in [2.45, 2.75) is 51.0 Å². The molecule has 1 N–H and O–H groups in total. The molecule has 2 atom stereocenters. The van der Waals surface area contributed by atoms with Crippen LogP contribution in [0, 0.1) is 0 Å². The van der Waals surface area contributed by atoms with Gasteiger partial charge in [-0.25, -0.2) is 0 Å². The van der Waals surface area contributed by atoms with Crippen LogP contribution in [0.25, 0.3) is 0 Å². The number of fused-ring (bicyclic) bond motifs is 3. The van der Waals surface area contributed by atoms with Crippen molar-refractivity contribution in [3.8, 4) is 5.75 Å². The summed E-state index contributed by atoms with van der Waals surface area (Å²) in [6.45, 7) is 4.43. The van der Waals surface area contributed by atoms with Gasteiger partial charge in [-0.3, -0.25) is 0 Å². The summed E-state index contributed by atoms with van der Waals surface area (Å²) >= 11 is 0. The lowest BCUT2D eigenvalue weighted by atomic mass is 9.61. The number of rotatable bonds is 1. The average Bonchev–Trinajstić information content (AvgIpc) is 2.43. The zero-order valence-corrected chi connectivity index (χ0v) is 12.0. The lowest BCUT2D eigenvalue weighted by Gasteiger charge is -2.44. The predicted octanol–water partition coefficient (Wildman–Crippen LogP) is 3.37. The van der Waals surface area contributed by atoms with E-state index in [1.54, 1.807) is 7.11 Å². The molecular formula is C17H22O2. The molecule has 0 spiro atoms. The van der Waals surface area contributed by atoms with Crippen LogP contribution < -0.4 is 4.74 Å². The molecule has 19 heavy (non-hydrogen) atoms. The van der Waals surface area contributed by atoms with Crippen LogP contribution in [0.15, 0.2) is 29.3 Å². The van der Waals surface area contributed by atoms with E-state index >= 15 is 0 Å². The van der Waals surface area contributed by atoms with Gasteiger partial charge in [-0.2, -0.15) is 0 Å². The van der Waals surface area contributed by atoms with Crippen molar-refractivity contribution in [2.75, 3.05) is 7.11 Å². The van der Waals surface area contributed by atoms with Gasteiger partial charge < -0.3 is 9.84 Å². The van der Waals surface area contributed by atoms with E-state index in [0.717, 1.165) is 31.4 Å². The van der Waals surface area contributed by atoms with Crippen LogP contribution in [0.4, 0.5) is 0 Å². The van der Waals surface area contributed by atoms with Gasteiger partial charge in [-0.1, -0.05) is 18.6 Å². The highest BCUT2D eigenvalue weighted by Crippen LogP contribution is 2.49. The number of ether oxygens (including phenoxy) is 1. The average molecular weight is 258 g/mol.